The lowest BCUT2D eigenvalue weighted by Gasteiger charge is -2.18. The zero-order valence-corrected chi connectivity index (χ0v) is 51.7. The molecule has 0 aliphatic carbocycles. The molecular weight excluding hydrogens is 949 g/mol. The molecule has 0 aliphatic rings. The van der Waals surface area contributed by atoms with Gasteiger partial charge in [-0.15, -0.1) is 0 Å². The van der Waals surface area contributed by atoms with E-state index in [0.717, 1.165) is 77.0 Å². The first-order valence-corrected chi connectivity index (χ1v) is 34.1. The van der Waals surface area contributed by atoms with E-state index in [-0.39, 0.29) is 31.1 Å². The van der Waals surface area contributed by atoms with E-state index in [1.807, 2.05) is 0 Å². The van der Waals surface area contributed by atoms with Gasteiger partial charge in [0.25, 0.3) is 0 Å². The van der Waals surface area contributed by atoms with Crippen LogP contribution in [0.25, 0.3) is 0 Å². The molecule has 1 atom stereocenters. The van der Waals surface area contributed by atoms with Crippen LogP contribution in [0.1, 0.15) is 367 Å². The van der Waals surface area contributed by atoms with Gasteiger partial charge in [-0.1, -0.05) is 313 Å². The van der Waals surface area contributed by atoms with Gasteiger partial charge in [-0.3, -0.25) is 14.4 Å². The molecule has 0 saturated heterocycles. The summed E-state index contributed by atoms with van der Waals surface area (Å²) in [6.45, 7) is 6.65. The molecule has 1 unspecified atom stereocenters. The summed E-state index contributed by atoms with van der Waals surface area (Å²) in [7, 11) is 0. The largest absolute Gasteiger partial charge is 0.462 e. The van der Waals surface area contributed by atoms with Gasteiger partial charge in [-0.2, -0.15) is 0 Å². The fourth-order valence-corrected chi connectivity index (χ4v) is 10.2. The van der Waals surface area contributed by atoms with Gasteiger partial charge in [0.05, 0.1) is 0 Å². The molecule has 0 heterocycles. The summed E-state index contributed by atoms with van der Waals surface area (Å²) < 4.78 is 16.9. The monoisotopic (exact) mass is 1080 g/mol. The van der Waals surface area contributed by atoms with Crippen molar-refractivity contribution >= 4 is 17.9 Å². The van der Waals surface area contributed by atoms with Gasteiger partial charge in [0, 0.05) is 19.3 Å². The molecule has 0 aliphatic heterocycles. The van der Waals surface area contributed by atoms with Crippen LogP contribution < -0.4 is 0 Å². The Bertz CT molecular complexity index is 1330. The molecule has 77 heavy (non-hydrogen) atoms. The first-order valence-electron chi connectivity index (χ1n) is 34.1. The van der Waals surface area contributed by atoms with Crippen molar-refractivity contribution in [3.8, 4) is 0 Å². The van der Waals surface area contributed by atoms with Gasteiger partial charge in [-0.05, 0) is 83.5 Å². The molecular formula is C71H130O6. The third-order valence-electron chi connectivity index (χ3n) is 15.3. The third-order valence-corrected chi connectivity index (χ3v) is 15.3. The van der Waals surface area contributed by atoms with Crippen LogP contribution in [0.5, 0.6) is 0 Å². The normalized spacial score (nSPS) is 12.3. The lowest BCUT2D eigenvalue weighted by atomic mass is 10.0. The zero-order chi connectivity index (χ0) is 55.7. The molecule has 0 aromatic carbocycles. The summed E-state index contributed by atoms with van der Waals surface area (Å²) in [6.07, 6.45) is 82.9. The SMILES string of the molecule is CCCCCCC/C=C\C/C=C\C/C=C\CCCCCCCCC(=O)OC(COC(=O)CCCCCCCCCCC)COC(=O)CCCCCCCCCCCCCCCCCCC/C=C\CCCCCCCCCC. The van der Waals surface area contributed by atoms with Crippen LogP contribution in [0.3, 0.4) is 0 Å². The summed E-state index contributed by atoms with van der Waals surface area (Å²) >= 11 is 0. The Balaban J connectivity index is 4.13. The molecule has 450 valence electrons. The maximum Gasteiger partial charge on any atom is 0.306 e. The maximum atomic E-state index is 12.9. The van der Waals surface area contributed by atoms with Gasteiger partial charge in [-0.25, -0.2) is 0 Å². The van der Waals surface area contributed by atoms with Crippen LogP contribution in [0.15, 0.2) is 48.6 Å². The van der Waals surface area contributed by atoms with Gasteiger partial charge in [0.15, 0.2) is 6.10 Å². The molecule has 6 nitrogen and oxygen atoms in total. The fourth-order valence-electron chi connectivity index (χ4n) is 10.2. The van der Waals surface area contributed by atoms with Crippen molar-refractivity contribution < 1.29 is 28.6 Å². The second-order valence-corrected chi connectivity index (χ2v) is 23.1. The summed E-state index contributed by atoms with van der Waals surface area (Å²) in [6, 6.07) is 0. The number of rotatable bonds is 63. The molecule has 0 bridgehead atoms. The highest BCUT2D eigenvalue weighted by Gasteiger charge is 2.19. The van der Waals surface area contributed by atoms with Crippen molar-refractivity contribution in [2.45, 2.75) is 374 Å². The number of carbonyl (C=O) groups excluding carboxylic acids is 3. The molecule has 0 spiro atoms. The van der Waals surface area contributed by atoms with Crippen LogP contribution in [-0.4, -0.2) is 37.2 Å². The highest BCUT2D eigenvalue weighted by Crippen LogP contribution is 2.18. The minimum absolute atomic E-state index is 0.0744. The Morgan fingerprint density at radius 1 is 0.260 bits per heavy atom. The Morgan fingerprint density at radius 2 is 0.468 bits per heavy atom. The average Bonchev–Trinajstić information content (AvgIpc) is 3.43. The van der Waals surface area contributed by atoms with Gasteiger partial charge < -0.3 is 14.2 Å². The second-order valence-electron chi connectivity index (χ2n) is 23.1. The van der Waals surface area contributed by atoms with E-state index in [2.05, 4.69) is 69.4 Å². The van der Waals surface area contributed by atoms with E-state index in [1.165, 1.54) is 250 Å². The zero-order valence-electron chi connectivity index (χ0n) is 51.7. The Morgan fingerprint density at radius 3 is 0.740 bits per heavy atom. The summed E-state index contributed by atoms with van der Waals surface area (Å²) in [5.74, 6) is -0.869. The predicted molar refractivity (Wildman–Crippen MR) is 335 cm³/mol. The summed E-state index contributed by atoms with van der Waals surface area (Å²) in [4.78, 5) is 38.2. The van der Waals surface area contributed by atoms with Crippen LogP contribution in [-0.2, 0) is 28.6 Å². The second kappa shape index (κ2) is 65.9. The van der Waals surface area contributed by atoms with Gasteiger partial charge in [0.2, 0.25) is 0 Å². The molecule has 0 saturated carbocycles. The van der Waals surface area contributed by atoms with Crippen molar-refractivity contribution in [2.75, 3.05) is 13.2 Å². The van der Waals surface area contributed by atoms with E-state index >= 15 is 0 Å². The van der Waals surface area contributed by atoms with E-state index < -0.39 is 6.10 Å². The number of allylic oxidation sites excluding steroid dienone is 8. The predicted octanol–water partition coefficient (Wildman–Crippen LogP) is 23.3. The maximum absolute atomic E-state index is 12.9. The van der Waals surface area contributed by atoms with Crippen LogP contribution >= 0.6 is 0 Å². The van der Waals surface area contributed by atoms with Crippen LogP contribution in [0.4, 0.5) is 0 Å². The van der Waals surface area contributed by atoms with E-state index in [9.17, 15) is 14.4 Å². The number of hydrogen-bond acceptors (Lipinski definition) is 6. The lowest BCUT2D eigenvalue weighted by Crippen LogP contribution is -2.30. The number of unbranched alkanes of at least 4 members (excludes halogenated alkanes) is 44. The smallest absolute Gasteiger partial charge is 0.306 e. The number of hydrogen-bond donors (Lipinski definition) is 0. The summed E-state index contributed by atoms with van der Waals surface area (Å²) in [5, 5.41) is 0. The Kier molecular flexibility index (Phi) is 63.6. The Labute approximate surface area is 479 Å². The van der Waals surface area contributed by atoms with Crippen molar-refractivity contribution in [1.29, 1.82) is 0 Å². The molecule has 0 rings (SSSR count). The quantitative estimate of drug-likeness (QED) is 0.0261. The van der Waals surface area contributed by atoms with Gasteiger partial charge in [0.1, 0.15) is 13.2 Å². The number of esters is 3. The topological polar surface area (TPSA) is 78.9 Å². The van der Waals surface area contributed by atoms with Crippen molar-refractivity contribution in [3.63, 3.8) is 0 Å². The van der Waals surface area contributed by atoms with Crippen LogP contribution in [0, 0.1) is 0 Å². The first kappa shape index (κ1) is 74.4. The van der Waals surface area contributed by atoms with Crippen molar-refractivity contribution in [3.05, 3.63) is 48.6 Å². The van der Waals surface area contributed by atoms with E-state index in [0.29, 0.717) is 19.3 Å². The molecule has 0 amide bonds. The summed E-state index contributed by atoms with van der Waals surface area (Å²) in [5.41, 5.74) is 0. The molecule has 0 aromatic rings. The minimum Gasteiger partial charge on any atom is -0.462 e. The van der Waals surface area contributed by atoms with Crippen LogP contribution in [0.2, 0.25) is 0 Å². The fraction of sp³-hybridized carbons (Fsp3) is 0.845. The first-order chi connectivity index (χ1) is 38.0. The molecule has 0 radical (unpaired) electrons. The number of ether oxygens (including phenoxy) is 3. The third kappa shape index (κ3) is 64.1. The van der Waals surface area contributed by atoms with E-state index in [1.54, 1.807) is 0 Å². The Hall–Kier alpha value is -2.63. The number of carbonyl (C=O) groups is 3. The van der Waals surface area contributed by atoms with E-state index in [4.69, 9.17) is 14.2 Å². The van der Waals surface area contributed by atoms with Gasteiger partial charge >= 0.3 is 17.9 Å². The average molecular weight is 1080 g/mol. The molecule has 0 fully saturated rings. The standard InChI is InChI=1S/C71H130O6/c1-4-7-10-13-16-19-21-23-25-27-29-31-32-33-34-35-36-37-38-40-41-43-45-47-49-52-55-58-61-64-70(73)76-67-68(66-75-69(72)63-60-57-54-51-18-15-12-9-6-3)77-71(74)65-62-59-56-53-50-48-46-44-42-39-30-28-26-24-22-20-17-14-11-8-5-2/h22,24,27-30,42,44,68H,4-21,23,25-26,31-41,43,45-67H2,1-3H3/b24-22-,29-27-,30-28-,44-42-. The molecule has 0 N–H and O–H groups in total. The minimum atomic E-state index is -0.777. The highest BCUT2D eigenvalue weighted by molar-refractivity contribution is 5.71. The molecule has 6 heteroatoms. The van der Waals surface area contributed by atoms with Crippen molar-refractivity contribution in [1.82, 2.24) is 0 Å². The highest BCUT2D eigenvalue weighted by atomic mass is 16.6. The lowest BCUT2D eigenvalue weighted by molar-refractivity contribution is -0.167. The molecule has 0 aromatic heterocycles. The van der Waals surface area contributed by atoms with Crippen molar-refractivity contribution in [2.24, 2.45) is 0 Å².